The van der Waals surface area contributed by atoms with E-state index in [1.807, 2.05) is 12.1 Å². The quantitative estimate of drug-likeness (QED) is 0.905. The number of halogens is 1. The van der Waals surface area contributed by atoms with E-state index in [0.29, 0.717) is 12.4 Å². The number of aromatic nitrogens is 3. The van der Waals surface area contributed by atoms with E-state index < -0.39 is 0 Å². The summed E-state index contributed by atoms with van der Waals surface area (Å²) in [5.74, 6) is 0.447. The summed E-state index contributed by atoms with van der Waals surface area (Å²) >= 11 is 3.49. The molecule has 0 saturated carbocycles. The maximum atomic E-state index is 5.50. The van der Waals surface area contributed by atoms with Crippen LogP contribution in [0.15, 0.2) is 28.9 Å². The predicted octanol–water partition coefficient (Wildman–Crippen LogP) is 1.98. The number of benzene rings is 1. The van der Waals surface area contributed by atoms with Crippen molar-refractivity contribution in [2.75, 3.05) is 5.73 Å². The van der Waals surface area contributed by atoms with E-state index in [9.17, 15) is 0 Å². The highest BCUT2D eigenvalue weighted by molar-refractivity contribution is 9.10. The minimum atomic E-state index is 0.447. The lowest BCUT2D eigenvalue weighted by atomic mass is 10.1. The topological polar surface area (TPSA) is 56.7 Å². The van der Waals surface area contributed by atoms with Crippen LogP contribution in [0, 0.1) is 6.92 Å². The number of nitrogens with two attached hydrogens (primary N) is 1. The molecule has 1 aromatic heterocycles. The van der Waals surface area contributed by atoms with Gasteiger partial charge in [0.25, 0.3) is 0 Å². The molecule has 0 aliphatic rings. The van der Waals surface area contributed by atoms with Gasteiger partial charge in [-0.05, 0) is 24.1 Å². The monoisotopic (exact) mass is 266 g/mol. The molecule has 2 rings (SSSR count). The van der Waals surface area contributed by atoms with Gasteiger partial charge in [-0.2, -0.15) is 9.90 Å². The number of anilines is 1. The first kappa shape index (κ1) is 10.2. The fourth-order valence-electron chi connectivity index (χ4n) is 1.36. The average molecular weight is 267 g/mol. The summed E-state index contributed by atoms with van der Waals surface area (Å²) in [6.07, 6.45) is 1.55. The summed E-state index contributed by atoms with van der Waals surface area (Å²) in [7, 11) is 0. The van der Waals surface area contributed by atoms with Gasteiger partial charge in [0.15, 0.2) is 5.82 Å². The molecule has 1 aromatic carbocycles. The van der Waals surface area contributed by atoms with E-state index in [2.05, 4.69) is 39.1 Å². The van der Waals surface area contributed by atoms with Crippen LogP contribution in [-0.2, 0) is 6.54 Å². The van der Waals surface area contributed by atoms with Crippen LogP contribution in [0.5, 0.6) is 0 Å². The van der Waals surface area contributed by atoms with Crippen LogP contribution in [0.1, 0.15) is 11.1 Å². The molecule has 15 heavy (non-hydrogen) atoms. The molecule has 5 heteroatoms. The van der Waals surface area contributed by atoms with Crippen molar-refractivity contribution in [3.05, 3.63) is 40.0 Å². The van der Waals surface area contributed by atoms with Crippen molar-refractivity contribution in [3.63, 3.8) is 0 Å². The Labute approximate surface area is 96.2 Å². The fourth-order valence-corrected chi connectivity index (χ4v) is 1.77. The first-order valence-electron chi connectivity index (χ1n) is 4.56. The van der Waals surface area contributed by atoms with Crippen molar-refractivity contribution in [2.45, 2.75) is 13.5 Å². The third kappa shape index (κ3) is 2.18. The van der Waals surface area contributed by atoms with E-state index in [1.165, 1.54) is 11.1 Å². The van der Waals surface area contributed by atoms with Crippen molar-refractivity contribution in [2.24, 2.45) is 0 Å². The molecule has 0 amide bonds. The summed E-state index contributed by atoms with van der Waals surface area (Å²) in [4.78, 5) is 1.59. The number of rotatable bonds is 2. The Morgan fingerprint density at radius 2 is 2.27 bits per heavy atom. The predicted molar refractivity (Wildman–Crippen MR) is 62.4 cm³/mol. The lowest BCUT2D eigenvalue weighted by Gasteiger charge is -2.06. The first-order valence-corrected chi connectivity index (χ1v) is 5.35. The summed E-state index contributed by atoms with van der Waals surface area (Å²) < 4.78 is 1.10. The van der Waals surface area contributed by atoms with Crippen LogP contribution in [0.4, 0.5) is 5.82 Å². The normalized spacial score (nSPS) is 10.5. The number of nitrogen functional groups attached to an aromatic ring is 1. The number of nitrogens with zero attached hydrogens (tertiary/aromatic N) is 3. The first-order chi connectivity index (χ1) is 7.16. The summed E-state index contributed by atoms with van der Waals surface area (Å²) in [6, 6.07) is 6.07. The minimum Gasteiger partial charge on any atom is -0.381 e. The van der Waals surface area contributed by atoms with Crippen LogP contribution in [0.2, 0.25) is 0 Å². The second kappa shape index (κ2) is 4.02. The fraction of sp³-hybridized carbons (Fsp3) is 0.200. The highest BCUT2D eigenvalue weighted by Gasteiger charge is 2.03. The van der Waals surface area contributed by atoms with E-state index in [0.717, 1.165) is 4.47 Å². The second-order valence-corrected chi connectivity index (χ2v) is 4.18. The van der Waals surface area contributed by atoms with Crippen LogP contribution < -0.4 is 5.73 Å². The molecule has 0 saturated heterocycles. The Hall–Kier alpha value is -1.36. The van der Waals surface area contributed by atoms with Crippen LogP contribution >= 0.6 is 15.9 Å². The second-order valence-electron chi connectivity index (χ2n) is 3.32. The molecule has 0 spiro atoms. The van der Waals surface area contributed by atoms with Gasteiger partial charge >= 0.3 is 0 Å². The standard InChI is InChI=1S/C10H11BrN4/c1-7-8(3-2-4-9(7)11)6-15-13-5-10(12)14-15/h2-5H,6H2,1H3,(H2,12,14). The molecular formula is C10H11BrN4. The van der Waals surface area contributed by atoms with Gasteiger partial charge in [-0.15, -0.1) is 5.10 Å². The summed E-state index contributed by atoms with van der Waals surface area (Å²) in [5.41, 5.74) is 7.88. The average Bonchev–Trinajstić information content (AvgIpc) is 2.59. The third-order valence-electron chi connectivity index (χ3n) is 2.25. The van der Waals surface area contributed by atoms with Crippen LogP contribution in [0.3, 0.4) is 0 Å². The molecule has 2 aromatic rings. The molecule has 0 aliphatic heterocycles. The molecule has 0 radical (unpaired) electrons. The van der Waals surface area contributed by atoms with E-state index in [-0.39, 0.29) is 0 Å². The van der Waals surface area contributed by atoms with Crippen molar-refractivity contribution < 1.29 is 0 Å². The molecule has 0 unspecified atom stereocenters. The Balaban J connectivity index is 2.28. The van der Waals surface area contributed by atoms with Crippen LogP contribution in [0.25, 0.3) is 0 Å². The van der Waals surface area contributed by atoms with E-state index in [4.69, 9.17) is 5.73 Å². The molecule has 0 fully saturated rings. The largest absolute Gasteiger partial charge is 0.381 e. The van der Waals surface area contributed by atoms with Crippen molar-refractivity contribution in [3.8, 4) is 0 Å². The molecule has 0 atom stereocenters. The Morgan fingerprint density at radius 3 is 2.93 bits per heavy atom. The summed E-state index contributed by atoms with van der Waals surface area (Å²) in [6.45, 7) is 2.70. The molecule has 0 bridgehead atoms. The molecule has 4 nitrogen and oxygen atoms in total. The SMILES string of the molecule is Cc1c(Br)cccc1Cn1ncc(N)n1. The van der Waals surface area contributed by atoms with Crippen molar-refractivity contribution in [1.29, 1.82) is 0 Å². The van der Waals surface area contributed by atoms with Crippen LogP contribution in [-0.4, -0.2) is 15.0 Å². The lowest BCUT2D eigenvalue weighted by molar-refractivity contribution is 0.591. The van der Waals surface area contributed by atoms with Gasteiger partial charge in [-0.1, -0.05) is 28.1 Å². The zero-order chi connectivity index (χ0) is 10.8. The highest BCUT2D eigenvalue weighted by atomic mass is 79.9. The third-order valence-corrected chi connectivity index (χ3v) is 3.10. The smallest absolute Gasteiger partial charge is 0.165 e. The van der Waals surface area contributed by atoms with E-state index in [1.54, 1.807) is 11.0 Å². The van der Waals surface area contributed by atoms with Gasteiger partial charge in [-0.25, -0.2) is 0 Å². The molecule has 1 heterocycles. The molecule has 0 aliphatic carbocycles. The summed E-state index contributed by atoms with van der Waals surface area (Å²) in [5, 5.41) is 8.09. The highest BCUT2D eigenvalue weighted by Crippen LogP contribution is 2.19. The van der Waals surface area contributed by atoms with Gasteiger partial charge < -0.3 is 5.73 Å². The molecular weight excluding hydrogens is 256 g/mol. The molecule has 2 N–H and O–H groups in total. The number of hydrogen-bond acceptors (Lipinski definition) is 3. The van der Waals surface area contributed by atoms with Crippen molar-refractivity contribution >= 4 is 21.7 Å². The maximum Gasteiger partial charge on any atom is 0.165 e. The van der Waals surface area contributed by atoms with Gasteiger partial charge in [0, 0.05) is 4.47 Å². The number of hydrogen-bond donors (Lipinski definition) is 1. The minimum absolute atomic E-state index is 0.447. The zero-order valence-electron chi connectivity index (χ0n) is 8.31. The van der Waals surface area contributed by atoms with Crippen molar-refractivity contribution in [1.82, 2.24) is 15.0 Å². The Kier molecular flexibility index (Phi) is 2.73. The van der Waals surface area contributed by atoms with E-state index >= 15 is 0 Å². The zero-order valence-corrected chi connectivity index (χ0v) is 9.90. The Morgan fingerprint density at radius 1 is 1.47 bits per heavy atom. The maximum absolute atomic E-state index is 5.50. The van der Waals surface area contributed by atoms with Gasteiger partial charge in [0.2, 0.25) is 0 Å². The van der Waals surface area contributed by atoms with Gasteiger partial charge in [-0.3, -0.25) is 0 Å². The Bertz CT molecular complexity index is 478. The van der Waals surface area contributed by atoms with Gasteiger partial charge in [0.1, 0.15) is 0 Å². The molecule has 78 valence electrons. The lowest BCUT2D eigenvalue weighted by Crippen LogP contribution is -2.05. The van der Waals surface area contributed by atoms with Gasteiger partial charge in [0.05, 0.1) is 12.7 Å².